The zero-order valence-corrected chi connectivity index (χ0v) is 11.8. The number of benzene rings is 1. The lowest BCUT2D eigenvalue weighted by atomic mass is 10.1. The minimum atomic E-state index is -0.231. The second-order valence-corrected chi connectivity index (χ2v) is 5.60. The lowest BCUT2D eigenvalue weighted by Gasteiger charge is -2.05. The van der Waals surface area contributed by atoms with Crippen LogP contribution >= 0.6 is 11.8 Å². The smallest absolute Gasteiger partial charge is 0.277 e. The molecule has 0 bridgehead atoms. The van der Waals surface area contributed by atoms with Crippen molar-refractivity contribution in [3.05, 3.63) is 41.5 Å². The van der Waals surface area contributed by atoms with Crippen molar-refractivity contribution in [3.8, 4) is 0 Å². The summed E-state index contributed by atoms with van der Waals surface area (Å²) in [5.41, 5.74) is 5.02. The van der Waals surface area contributed by atoms with Gasteiger partial charge in [0.2, 0.25) is 0 Å². The van der Waals surface area contributed by atoms with Gasteiger partial charge in [0.1, 0.15) is 5.82 Å². The van der Waals surface area contributed by atoms with Gasteiger partial charge in [-0.2, -0.15) is 0 Å². The predicted octanol–water partition coefficient (Wildman–Crippen LogP) is 2.44. The first-order valence-corrected chi connectivity index (χ1v) is 7.08. The molecule has 0 saturated carbocycles. The molecule has 1 aromatic heterocycles. The highest BCUT2D eigenvalue weighted by Gasteiger charge is 2.21. The van der Waals surface area contributed by atoms with Gasteiger partial charge in [-0.25, -0.2) is 4.39 Å². The standard InChI is InChI=1S/C13H16FN3OS/c1-8(2)11(15)12-16-17-13(18-12)19-7-9-3-5-10(14)6-4-9/h3-6,8,11H,7,15H2,1-2H3/p+1/t11-/m0/s1. The van der Waals surface area contributed by atoms with Crippen LogP contribution in [-0.2, 0) is 5.75 Å². The van der Waals surface area contributed by atoms with E-state index in [2.05, 4.69) is 29.8 Å². The molecule has 0 amide bonds. The van der Waals surface area contributed by atoms with Gasteiger partial charge < -0.3 is 10.2 Å². The molecular weight excluding hydrogens is 265 g/mol. The SMILES string of the molecule is CC(C)[C@H]([NH3+])c1nnc(SCc2ccc(F)cc2)o1. The van der Waals surface area contributed by atoms with Crippen LogP contribution in [0.5, 0.6) is 0 Å². The van der Waals surface area contributed by atoms with E-state index in [9.17, 15) is 4.39 Å². The molecule has 0 fully saturated rings. The Morgan fingerprint density at radius 2 is 1.95 bits per heavy atom. The zero-order valence-electron chi connectivity index (χ0n) is 11.0. The van der Waals surface area contributed by atoms with Crippen molar-refractivity contribution in [2.24, 2.45) is 5.92 Å². The number of halogens is 1. The first-order valence-electron chi connectivity index (χ1n) is 6.10. The zero-order chi connectivity index (χ0) is 13.8. The molecule has 1 heterocycles. The van der Waals surface area contributed by atoms with Gasteiger partial charge in [0.15, 0.2) is 6.04 Å². The van der Waals surface area contributed by atoms with Crippen LogP contribution in [0.15, 0.2) is 33.9 Å². The number of nitrogens with zero attached hydrogens (tertiary/aromatic N) is 2. The third kappa shape index (κ3) is 3.78. The Kier molecular flexibility index (Phi) is 4.55. The lowest BCUT2D eigenvalue weighted by Crippen LogP contribution is -2.56. The molecule has 3 N–H and O–H groups in total. The van der Waals surface area contributed by atoms with Crippen molar-refractivity contribution in [1.82, 2.24) is 10.2 Å². The second kappa shape index (κ2) is 6.16. The maximum absolute atomic E-state index is 12.8. The van der Waals surface area contributed by atoms with Crippen LogP contribution in [0.1, 0.15) is 31.3 Å². The van der Waals surface area contributed by atoms with E-state index in [1.807, 2.05) is 0 Å². The molecule has 19 heavy (non-hydrogen) atoms. The number of aromatic nitrogens is 2. The van der Waals surface area contributed by atoms with Gasteiger partial charge in [-0.05, 0) is 17.7 Å². The third-order valence-corrected chi connectivity index (χ3v) is 3.71. The molecule has 0 aliphatic rings. The molecule has 0 aliphatic heterocycles. The van der Waals surface area contributed by atoms with Crippen molar-refractivity contribution >= 4 is 11.8 Å². The molecular formula is C13H17FN3OS+. The van der Waals surface area contributed by atoms with Gasteiger partial charge >= 0.3 is 0 Å². The largest absolute Gasteiger partial charge is 0.410 e. The summed E-state index contributed by atoms with van der Waals surface area (Å²) in [5, 5.41) is 8.51. The summed E-state index contributed by atoms with van der Waals surface area (Å²) in [7, 11) is 0. The van der Waals surface area contributed by atoms with Crippen molar-refractivity contribution < 1.29 is 14.5 Å². The van der Waals surface area contributed by atoms with Crippen molar-refractivity contribution in [2.45, 2.75) is 30.9 Å². The Balaban J connectivity index is 1.95. The van der Waals surface area contributed by atoms with Crippen molar-refractivity contribution in [1.29, 1.82) is 0 Å². The van der Waals surface area contributed by atoms with Gasteiger partial charge in [0, 0.05) is 11.7 Å². The summed E-state index contributed by atoms with van der Waals surface area (Å²) < 4.78 is 18.3. The second-order valence-electron chi connectivity index (χ2n) is 4.67. The van der Waals surface area contributed by atoms with Crippen molar-refractivity contribution in [2.75, 3.05) is 0 Å². The molecule has 0 unspecified atom stereocenters. The maximum Gasteiger partial charge on any atom is 0.277 e. The van der Waals surface area contributed by atoms with Crippen LogP contribution < -0.4 is 5.73 Å². The van der Waals surface area contributed by atoms with E-state index in [4.69, 9.17) is 4.42 Å². The summed E-state index contributed by atoms with van der Waals surface area (Å²) in [5.74, 6) is 1.36. The summed E-state index contributed by atoms with van der Waals surface area (Å²) in [6.07, 6.45) is 0. The minimum absolute atomic E-state index is 0.00710. The van der Waals surface area contributed by atoms with Gasteiger partial charge in [0.05, 0.1) is 0 Å². The third-order valence-electron chi connectivity index (χ3n) is 2.82. The Bertz CT molecular complexity index is 527. The fourth-order valence-corrected chi connectivity index (χ4v) is 2.16. The van der Waals surface area contributed by atoms with E-state index in [-0.39, 0.29) is 11.9 Å². The maximum atomic E-state index is 12.8. The fraction of sp³-hybridized carbons (Fsp3) is 0.385. The summed E-state index contributed by atoms with van der Waals surface area (Å²) in [4.78, 5) is 0. The summed E-state index contributed by atoms with van der Waals surface area (Å²) >= 11 is 1.44. The van der Waals surface area contributed by atoms with E-state index < -0.39 is 0 Å². The van der Waals surface area contributed by atoms with E-state index in [0.29, 0.717) is 22.8 Å². The number of rotatable bonds is 5. The van der Waals surface area contributed by atoms with Crippen LogP contribution in [0, 0.1) is 11.7 Å². The van der Waals surface area contributed by atoms with Crippen LogP contribution in [-0.4, -0.2) is 10.2 Å². The fourth-order valence-electron chi connectivity index (χ4n) is 1.44. The van der Waals surface area contributed by atoms with E-state index in [0.717, 1.165) is 5.56 Å². The average Bonchev–Trinajstić information content (AvgIpc) is 2.86. The van der Waals surface area contributed by atoms with Crippen molar-refractivity contribution in [3.63, 3.8) is 0 Å². The molecule has 102 valence electrons. The Morgan fingerprint density at radius 3 is 2.58 bits per heavy atom. The van der Waals surface area contributed by atoms with Gasteiger partial charge in [-0.3, -0.25) is 0 Å². The first-order chi connectivity index (χ1) is 9.06. The Labute approximate surface area is 115 Å². The Morgan fingerprint density at radius 1 is 1.26 bits per heavy atom. The van der Waals surface area contributed by atoms with Crippen LogP contribution in [0.25, 0.3) is 0 Å². The van der Waals surface area contributed by atoms with E-state index >= 15 is 0 Å². The molecule has 0 radical (unpaired) electrons. The average molecular weight is 282 g/mol. The molecule has 0 aliphatic carbocycles. The predicted molar refractivity (Wildman–Crippen MR) is 70.7 cm³/mol. The normalized spacial score (nSPS) is 12.9. The molecule has 1 aromatic carbocycles. The quantitative estimate of drug-likeness (QED) is 0.855. The summed E-state index contributed by atoms with van der Waals surface area (Å²) in [6, 6.07) is 6.39. The lowest BCUT2D eigenvalue weighted by molar-refractivity contribution is -0.443. The topological polar surface area (TPSA) is 66.6 Å². The highest BCUT2D eigenvalue weighted by Crippen LogP contribution is 2.24. The molecule has 2 aromatic rings. The van der Waals surface area contributed by atoms with Gasteiger partial charge in [-0.1, -0.05) is 37.7 Å². The van der Waals surface area contributed by atoms with Crippen LogP contribution in [0.3, 0.4) is 0 Å². The Hall–Kier alpha value is -1.40. The number of thioether (sulfide) groups is 1. The van der Waals surface area contributed by atoms with E-state index in [1.165, 1.54) is 23.9 Å². The van der Waals surface area contributed by atoms with Crippen LogP contribution in [0.4, 0.5) is 4.39 Å². The molecule has 0 saturated heterocycles. The summed E-state index contributed by atoms with van der Waals surface area (Å²) in [6.45, 7) is 4.13. The molecule has 6 heteroatoms. The van der Waals surface area contributed by atoms with Crippen LogP contribution in [0.2, 0.25) is 0 Å². The molecule has 0 spiro atoms. The van der Waals surface area contributed by atoms with E-state index in [1.54, 1.807) is 12.1 Å². The van der Waals surface area contributed by atoms with Gasteiger partial charge in [-0.15, -0.1) is 10.2 Å². The highest BCUT2D eigenvalue weighted by atomic mass is 32.2. The number of hydrogen-bond donors (Lipinski definition) is 1. The van der Waals surface area contributed by atoms with Gasteiger partial charge in [0.25, 0.3) is 11.1 Å². The highest BCUT2D eigenvalue weighted by molar-refractivity contribution is 7.98. The first kappa shape index (κ1) is 14.0. The number of hydrogen-bond acceptors (Lipinski definition) is 4. The minimum Gasteiger partial charge on any atom is -0.410 e. The number of quaternary nitrogens is 1. The monoisotopic (exact) mass is 282 g/mol. The molecule has 4 nitrogen and oxygen atoms in total. The molecule has 2 rings (SSSR count). The molecule has 1 atom stereocenters.